The van der Waals surface area contributed by atoms with Crippen LogP contribution in [0, 0.1) is 0 Å². The molecule has 0 aliphatic heterocycles. The normalized spacial score (nSPS) is 10.8. The number of aromatic carboxylic acids is 1. The van der Waals surface area contributed by atoms with Gasteiger partial charge < -0.3 is 10.2 Å². The fraction of sp³-hybridized carbons (Fsp3) is 0.231. The number of aromatic hydroxyl groups is 1. The van der Waals surface area contributed by atoms with Gasteiger partial charge in [-0.15, -0.1) is 0 Å². The zero-order valence-electron chi connectivity index (χ0n) is 10.2. The molecule has 2 N–H and O–H groups in total. The summed E-state index contributed by atoms with van der Waals surface area (Å²) in [6, 6.07) is 4.74. The van der Waals surface area contributed by atoms with Crippen LogP contribution in [0.1, 0.15) is 30.2 Å². The SMILES string of the molecule is CC(C)n1cc(-c2ccc(C(=O)O)c(O)c2)cn1. The van der Waals surface area contributed by atoms with Gasteiger partial charge in [0.25, 0.3) is 0 Å². The second-order valence-corrected chi connectivity index (χ2v) is 4.34. The summed E-state index contributed by atoms with van der Waals surface area (Å²) in [7, 11) is 0. The van der Waals surface area contributed by atoms with Crippen molar-refractivity contribution < 1.29 is 15.0 Å². The molecule has 94 valence electrons. The first-order valence-corrected chi connectivity index (χ1v) is 5.60. The maximum absolute atomic E-state index is 10.8. The van der Waals surface area contributed by atoms with E-state index in [0.29, 0.717) is 0 Å². The van der Waals surface area contributed by atoms with E-state index in [-0.39, 0.29) is 17.4 Å². The van der Waals surface area contributed by atoms with Crippen molar-refractivity contribution in [3.8, 4) is 16.9 Å². The molecular formula is C13H14N2O3. The van der Waals surface area contributed by atoms with Crippen molar-refractivity contribution in [3.05, 3.63) is 36.2 Å². The number of hydrogen-bond donors (Lipinski definition) is 2. The summed E-state index contributed by atoms with van der Waals surface area (Å²) in [5.74, 6) is -1.38. The number of hydrogen-bond acceptors (Lipinski definition) is 3. The van der Waals surface area contributed by atoms with Crippen LogP contribution in [-0.4, -0.2) is 26.0 Å². The number of benzene rings is 1. The molecule has 0 aliphatic rings. The van der Waals surface area contributed by atoms with E-state index in [1.807, 2.05) is 20.0 Å². The van der Waals surface area contributed by atoms with Gasteiger partial charge in [0.2, 0.25) is 0 Å². The molecular weight excluding hydrogens is 232 g/mol. The monoisotopic (exact) mass is 246 g/mol. The van der Waals surface area contributed by atoms with Gasteiger partial charge in [0.1, 0.15) is 11.3 Å². The molecule has 1 aromatic heterocycles. The number of phenols is 1. The summed E-state index contributed by atoms with van der Waals surface area (Å²) in [6.45, 7) is 4.03. The van der Waals surface area contributed by atoms with Crippen LogP contribution in [0.25, 0.3) is 11.1 Å². The van der Waals surface area contributed by atoms with Gasteiger partial charge in [0.15, 0.2) is 0 Å². The minimum atomic E-state index is -1.14. The Labute approximate surface area is 104 Å². The third-order valence-electron chi connectivity index (χ3n) is 2.69. The van der Waals surface area contributed by atoms with Crippen LogP contribution in [0.5, 0.6) is 5.75 Å². The standard InChI is InChI=1S/C13H14N2O3/c1-8(2)15-7-10(6-14-15)9-3-4-11(13(17)18)12(16)5-9/h3-8,16H,1-2H3,(H,17,18). The van der Waals surface area contributed by atoms with Gasteiger partial charge in [-0.25, -0.2) is 4.79 Å². The van der Waals surface area contributed by atoms with E-state index in [9.17, 15) is 9.90 Å². The topological polar surface area (TPSA) is 75.4 Å². The highest BCUT2D eigenvalue weighted by Gasteiger charge is 2.11. The molecule has 0 unspecified atom stereocenters. The van der Waals surface area contributed by atoms with E-state index in [1.165, 1.54) is 12.1 Å². The molecule has 0 bridgehead atoms. The average Bonchev–Trinajstić information content (AvgIpc) is 2.77. The van der Waals surface area contributed by atoms with Gasteiger partial charge >= 0.3 is 5.97 Å². The Morgan fingerprint density at radius 1 is 1.33 bits per heavy atom. The maximum atomic E-state index is 10.8. The number of carbonyl (C=O) groups is 1. The number of carboxylic acids is 1. The number of carboxylic acid groups (broad SMARTS) is 1. The van der Waals surface area contributed by atoms with E-state index in [4.69, 9.17) is 5.11 Å². The smallest absolute Gasteiger partial charge is 0.339 e. The van der Waals surface area contributed by atoms with Crippen LogP contribution in [0.3, 0.4) is 0 Å². The summed E-state index contributed by atoms with van der Waals surface area (Å²) in [5.41, 5.74) is 1.48. The van der Waals surface area contributed by atoms with Crippen LogP contribution in [0.4, 0.5) is 0 Å². The van der Waals surface area contributed by atoms with Crippen LogP contribution in [0.15, 0.2) is 30.6 Å². The predicted octanol–water partition coefficient (Wildman–Crippen LogP) is 2.53. The van der Waals surface area contributed by atoms with E-state index >= 15 is 0 Å². The first-order valence-electron chi connectivity index (χ1n) is 5.60. The van der Waals surface area contributed by atoms with Crippen LogP contribution in [0.2, 0.25) is 0 Å². The molecule has 1 aromatic carbocycles. The maximum Gasteiger partial charge on any atom is 0.339 e. The largest absolute Gasteiger partial charge is 0.507 e. The van der Waals surface area contributed by atoms with Crippen molar-refractivity contribution in [2.75, 3.05) is 0 Å². The molecule has 0 spiro atoms. The van der Waals surface area contributed by atoms with Crippen molar-refractivity contribution in [2.45, 2.75) is 19.9 Å². The van der Waals surface area contributed by atoms with Gasteiger partial charge in [-0.2, -0.15) is 5.10 Å². The van der Waals surface area contributed by atoms with Gasteiger partial charge in [0.05, 0.1) is 6.20 Å². The van der Waals surface area contributed by atoms with E-state index < -0.39 is 5.97 Å². The van der Waals surface area contributed by atoms with E-state index in [0.717, 1.165) is 11.1 Å². The third kappa shape index (κ3) is 2.20. The molecule has 5 heteroatoms. The Bertz CT molecular complexity index is 588. The molecule has 2 rings (SSSR count). The van der Waals surface area contributed by atoms with Crippen LogP contribution >= 0.6 is 0 Å². The Morgan fingerprint density at radius 2 is 2.06 bits per heavy atom. The third-order valence-corrected chi connectivity index (χ3v) is 2.69. The van der Waals surface area contributed by atoms with Crippen molar-refractivity contribution in [2.24, 2.45) is 0 Å². The minimum Gasteiger partial charge on any atom is -0.507 e. The van der Waals surface area contributed by atoms with Crippen LogP contribution in [-0.2, 0) is 0 Å². The second-order valence-electron chi connectivity index (χ2n) is 4.34. The first-order chi connectivity index (χ1) is 8.49. The average molecular weight is 246 g/mol. The molecule has 0 saturated heterocycles. The second kappa shape index (κ2) is 4.52. The molecule has 1 heterocycles. The van der Waals surface area contributed by atoms with Gasteiger partial charge in [-0.1, -0.05) is 6.07 Å². The molecule has 0 fully saturated rings. The zero-order valence-corrected chi connectivity index (χ0v) is 10.2. The summed E-state index contributed by atoms with van der Waals surface area (Å²) in [4.78, 5) is 10.8. The lowest BCUT2D eigenvalue weighted by Crippen LogP contribution is -1.99. The van der Waals surface area contributed by atoms with Crippen molar-refractivity contribution >= 4 is 5.97 Å². The van der Waals surface area contributed by atoms with Gasteiger partial charge in [0, 0.05) is 17.8 Å². The van der Waals surface area contributed by atoms with Gasteiger partial charge in [-0.3, -0.25) is 4.68 Å². The lowest BCUT2D eigenvalue weighted by molar-refractivity contribution is 0.0694. The van der Waals surface area contributed by atoms with Crippen molar-refractivity contribution in [3.63, 3.8) is 0 Å². The number of nitrogens with zero attached hydrogens (tertiary/aromatic N) is 2. The summed E-state index contributed by atoms with van der Waals surface area (Å²) in [6.07, 6.45) is 3.55. The van der Waals surface area contributed by atoms with E-state index in [2.05, 4.69) is 5.10 Å². The minimum absolute atomic E-state index is 0.102. The summed E-state index contributed by atoms with van der Waals surface area (Å²) >= 11 is 0. The Kier molecular flexibility index (Phi) is 3.06. The molecule has 18 heavy (non-hydrogen) atoms. The summed E-state index contributed by atoms with van der Waals surface area (Å²) in [5, 5.41) is 22.7. The lowest BCUT2D eigenvalue weighted by atomic mass is 10.1. The highest BCUT2D eigenvalue weighted by molar-refractivity contribution is 5.91. The van der Waals surface area contributed by atoms with Crippen LogP contribution < -0.4 is 0 Å². The van der Waals surface area contributed by atoms with Crippen molar-refractivity contribution in [1.29, 1.82) is 0 Å². The fourth-order valence-corrected chi connectivity index (χ4v) is 1.66. The molecule has 0 saturated carbocycles. The highest BCUT2D eigenvalue weighted by Crippen LogP contribution is 2.26. The molecule has 5 nitrogen and oxygen atoms in total. The molecule has 0 radical (unpaired) electrons. The quantitative estimate of drug-likeness (QED) is 0.872. The van der Waals surface area contributed by atoms with Crippen molar-refractivity contribution in [1.82, 2.24) is 9.78 Å². The molecule has 2 aromatic rings. The van der Waals surface area contributed by atoms with E-state index in [1.54, 1.807) is 16.9 Å². The zero-order chi connectivity index (χ0) is 13.3. The first kappa shape index (κ1) is 12.2. The number of aromatic nitrogens is 2. The lowest BCUT2D eigenvalue weighted by Gasteiger charge is -2.04. The summed E-state index contributed by atoms with van der Waals surface area (Å²) < 4.78 is 1.80. The van der Waals surface area contributed by atoms with Gasteiger partial charge in [-0.05, 0) is 31.5 Å². The molecule has 0 amide bonds. The predicted molar refractivity (Wildman–Crippen MR) is 66.7 cm³/mol. The Balaban J connectivity index is 2.39. The molecule has 0 atom stereocenters. The Hall–Kier alpha value is -2.30. The fourth-order valence-electron chi connectivity index (χ4n) is 1.66. The number of rotatable bonds is 3. The molecule has 0 aliphatic carbocycles. The highest BCUT2D eigenvalue weighted by atomic mass is 16.4. The Morgan fingerprint density at radius 3 is 2.56 bits per heavy atom.